The van der Waals surface area contributed by atoms with Gasteiger partial charge < -0.3 is 14.5 Å². The standard InChI is InChI=1S/C25H26N4O4S/c1-33-21-9-7-18(8-10-21)14-28-15-25(22-5-3-4-6-23(22)28)16-29(17-25)24(30)19-11-20(13-26-12-19)27-34(2,31)32/h3-13,27H,14-17H2,1-2H3. The smallest absolute Gasteiger partial charge is 0.255 e. The van der Waals surface area contributed by atoms with Crippen LogP contribution in [-0.4, -0.2) is 57.2 Å². The SMILES string of the molecule is COc1ccc(CN2CC3(CN(C(=O)c4cncc(NS(C)(=O)=O)c4)C3)c3ccccc32)cc1. The first kappa shape index (κ1) is 22.2. The Kier molecular flexibility index (Phi) is 5.44. The van der Waals surface area contributed by atoms with E-state index in [4.69, 9.17) is 4.74 Å². The van der Waals surface area contributed by atoms with E-state index >= 15 is 0 Å². The molecule has 2 aromatic carbocycles. The molecule has 2 aliphatic rings. The van der Waals surface area contributed by atoms with Crippen molar-refractivity contribution in [1.82, 2.24) is 9.88 Å². The molecule has 1 amide bonds. The third kappa shape index (κ3) is 4.19. The second-order valence-corrected chi connectivity index (χ2v) is 10.7. The van der Waals surface area contributed by atoms with E-state index in [2.05, 4.69) is 38.9 Å². The molecule has 34 heavy (non-hydrogen) atoms. The number of hydrogen-bond donors (Lipinski definition) is 1. The molecule has 3 aromatic rings. The van der Waals surface area contributed by atoms with Crippen LogP contribution >= 0.6 is 0 Å². The van der Waals surface area contributed by atoms with Gasteiger partial charge in [0.25, 0.3) is 5.91 Å². The maximum Gasteiger partial charge on any atom is 0.255 e. The summed E-state index contributed by atoms with van der Waals surface area (Å²) in [5.74, 6) is 0.682. The molecule has 8 nitrogen and oxygen atoms in total. The molecule has 2 aliphatic heterocycles. The number of rotatable bonds is 6. The number of carbonyl (C=O) groups excluding carboxylic acids is 1. The summed E-state index contributed by atoms with van der Waals surface area (Å²) < 4.78 is 30.7. The minimum absolute atomic E-state index is 0.116. The third-order valence-corrected chi connectivity index (χ3v) is 7.01. The second kappa shape index (κ2) is 8.32. The van der Waals surface area contributed by atoms with Crippen LogP contribution in [0.25, 0.3) is 0 Å². The van der Waals surface area contributed by atoms with Gasteiger partial charge in [-0.15, -0.1) is 0 Å². The highest BCUT2D eigenvalue weighted by atomic mass is 32.2. The van der Waals surface area contributed by atoms with Gasteiger partial charge in [0.2, 0.25) is 10.0 Å². The molecule has 3 heterocycles. The first-order valence-electron chi connectivity index (χ1n) is 11.0. The Morgan fingerprint density at radius 3 is 2.53 bits per heavy atom. The number of likely N-dealkylation sites (tertiary alicyclic amines) is 1. The van der Waals surface area contributed by atoms with Crippen LogP contribution < -0.4 is 14.4 Å². The zero-order chi connectivity index (χ0) is 23.9. The number of amides is 1. The van der Waals surface area contributed by atoms with Gasteiger partial charge in [0.15, 0.2) is 0 Å². The predicted molar refractivity (Wildman–Crippen MR) is 131 cm³/mol. The number of carbonyl (C=O) groups is 1. The number of fused-ring (bicyclic) bond motifs is 2. The summed E-state index contributed by atoms with van der Waals surface area (Å²) in [6, 6.07) is 18.0. The molecule has 9 heteroatoms. The number of hydrogen-bond acceptors (Lipinski definition) is 6. The number of para-hydroxylation sites is 1. The van der Waals surface area contributed by atoms with Crippen LogP contribution in [0, 0.1) is 0 Å². The summed E-state index contributed by atoms with van der Waals surface area (Å²) in [5.41, 5.74) is 4.19. The van der Waals surface area contributed by atoms with Gasteiger partial charge in [0, 0.05) is 38.1 Å². The predicted octanol–water partition coefficient (Wildman–Crippen LogP) is 2.88. The quantitative estimate of drug-likeness (QED) is 0.586. The Labute approximate surface area is 199 Å². The van der Waals surface area contributed by atoms with Gasteiger partial charge in [-0.2, -0.15) is 0 Å². The first-order valence-corrected chi connectivity index (χ1v) is 12.8. The molecule has 176 valence electrons. The Morgan fingerprint density at radius 2 is 1.82 bits per heavy atom. The van der Waals surface area contributed by atoms with Crippen molar-refractivity contribution in [1.29, 1.82) is 0 Å². The van der Waals surface area contributed by atoms with Crippen molar-refractivity contribution in [2.75, 3.05) is 42.6 Å². The highest BCUT2D eigenvalue weighted by Crippen LogP contribution is 2.47. The Hall–Kier alpha value is -3.59. The molecule has 0 radical (unpaired) electrons. The molecule has 0 bridgehead atoms. The molecule has 0 aliphatic carbocycles. The molecule has 5 rings (SSSR count). The fraction of sp³-hybridized carbons (Fsp3) is 0.280. The number of nitrogens with zero attached hydrogens (tertiary/aromatic N) is 3. The number of methoxy groups -OCH3 is 1. The lowest BCUT2D eigenvalue weighted by Crippen LogP contribution is -2.62. The molecule has 1 fully saturated rings. The number of anilines is 2. The zero-order valence-electron chi connectivity index (χ0n) is 19.1. The number of benzene rings is 2. The lowest BCUT2D eigenvalue weighted by atomic mass is 9.75. The Bertz CT molecular complexity index is 1340. The number of nitrogens with one attached hydrogen (secondary N) is 1. The minimum atomic E-state index is -3.45. The molecule has 1 saturated heterocycles. The molecular weight excluding hydrogens is 452 g/mol. The largest absolute Gasteiger partial charge is 0.497 e. The van der Waals surface area contributed by atoms with Gasteiger partial charge in [0.05, 0.1) is 36.2 Å². The van der Waals surface area contributed by atoms with E-state index in [1.807, 2.05) is 24.3 Å². The van der Waals surface area contributed by atoms with Crippen molar-refractivity contribution in [2.24, 2.45) is 0 Å². The lowest BCUT2D eigenvalue weighted by molar-refractivity contribution is 0.0425. The molecule has 0 atom stereocenters. The average Bonchev–Trinajstić information content (AvgIpc) is 3.12. The maximum absolute atomic E-state index is 13.1. The van der Waals surface area contributed by atoms with E-state index in [1.54, 1.807) is 12.0 Å². The monoisotopic (exact) mass is 478 g/mol. The van der Waals surface area contributed by atoms with Crippen LogP contribution in [-0.2, 0) is 22.0 Å². The van der Waals surface area contributed by atoms with Gasteiger partial charge >= 0.3 is 0 Å². The molecule has 1 aromatic heterocycles. The number of aromatic nitrogens is 1. The highest BCUT2D eigenvalue weighted by molar-refractivity contribution is 7.92. The lowest BCUT2D eigenvalue weighted by Gasteiger charge is -2.48. The Morgan fingerprint density at radius 1 is 1.09 bits per heavy atom. The van der Waals surface area contributed by atoms with Crippen LogP contribution in [0.5, 0.6) is 5.75 Å². The summed E-state index contributed by atoms with van der Waals surface area (Å²) >= 11 is 0. The van der Waals surface area contributed by atoms with Gasteiger partial charge in [0.1, 0.15) is 5.75 Å². The number of sulfonamides is 1. The first-order chi connectivity index (χ1) is 16.3. The second-order valence-electron chi connectivity index (χ2n) is 9.00. The zero-order valence-corrected chi connectivity index (χ0v) is 19.9. The normalized spacial score (nSPS) is 16.2. The average molecular weight is 479 g/mol. The van der Waals surface area contributed by atoms with Crippen molar-refractivity contribution in [3.8, 4) is 5.75 Å². The van der Waals surface area contributed by atoms with Crippen LogP contribution in [0.4, 0.5) is 11.4 Å². The molecular formula is C25H26N4O4S. The van der Waals surface area contributed by atoms with E-state index in [0.717, 1.165) is 25.1 Å². The van der Waals surface area contributed by atoms with Crippen LogP contribution in [0.1, 0.15) is 21.5 Å². The summed E-state index contributed by atoms with van der Waals surface area (Å²) in [4.78, 5) is 21.3. The van der Waals surface area contributed by atoms with E-state index in [9.17, 15) is 13.2 Å². The number of ether oxygens (including phenoxy) is 1. The van der Waals surface area contributed by atoms with Gasteiger partial charge in [-0.05, 0) is 35.4 Å². The fourth-order valence-electron chi connectivity index (χ4n) is 4.93. The fourth-order valence-corrected chi connectivity index (χ4v) is 5.47. The van der Waals surface area contributed by atoms with E-state index in [0.29, 0.717) is 18.7 Å². The molecule has 1 N–H and O–H groups in total. The Balaban J connectivity index is 1.32. The maximum atomic E-state index is 13.1. The summed E-state index contributed by atoms with van der Waals surface area (Å²) in [7, 11) is -1.79. The van der Waals surface area contributed by atoms with Crippen molar-refractivity contribution in [2.45, 2.75) is 12.0 Å². The van der Waals surface area contributed by atoms with Gasteiger partial charge in [-0.25, -0.2) is 8.42 Å². The summed E-state index contributed by atoms with van der Waals surface area (Å²) in [5, 5.41) is 0. The number of pyridine rings is 1. The van der Waals surface area contributed by atoms with E-state index < -0.39 is 10.0 Å². The van der Waals surface area contributed by atoms with Crippen LogP contribution in [0.2, 0.25) is 0 Å². The highest BCUT2D eigenvalue weighted by Gasteiger charge is 2.52. The van der Waals surface area contributed by atoms with Crippen LogP contribution in [0.15, 0.2) is 67.0 Å². The molecule has 1 spiro atoms. The van der Waals surface area contributed by atoms with E-state index in [-0.39, 0.29) is 17.0 Å². The summed E-state index contributed by atoms with van der Waals surface area (Å²) in [6.07, 6.45) is 3.93. The van der Waals surface area contributed by atoms with Crippen molar-refractivity contribution in [3.05, 3.63) is 83.7 Å². The van der Waals surface area contributed by atoms with E-state index in [1.165, 1.54) is 35.3 Å². The molecule has 0 unspecified atom stereocenters. The van der Waals surface area contributed by atoms with Gasteiger partial charge in [-0.3, -0.25) is 14.5 Å². The topological polar surface area (TPSA) is 91.8 Å². The van der Waals surface area contributed by atoms with Crippen LogP contribution in [0.3, 0.4) is 0 Å². The van der Waals surface area contributed by atoms with Crippen molar-refractivity contribution in [3.63, 3.8) is 0 Å². The summed E-state index contributed by atoms with van der Waals surface area (Å²) in [6.45, 7) is 2.81. The molecule has 0 saturated carbocycles. The van der Waals surface area contributed by atoms with Crippen molar-refractivity contribution < 1.29 is 17.9 Å². The minimum Gasteiger partial charge on any atom is -0.497 e. The third-order valence-electron chi connectivity index (χ3n) is 6.40. The van der Waals surface area contributed by atoms with Crippen molar-refractivity contribution >= 4 is 27.3 Å². The van der Waals surface area contributed by atoms with Gasteiger partial charge in [-0.1, -0.05) is 30.3 Å².